The van der Waals surface area contributed by atoms with E-state index in [9.17, 15) is 8.42 Å². The minimum atomic E-state index is -3.17. The molecule has 0 unspecified atom stereocenters. The summed E-state index contributed by atoms with van der Waals surface area (Å²) in [5.41, 5.74) is 1.05. The smallest absolute Gasteiger partial charge is 0.214 e. The zero-order valence-corrected chi connectivity index (χ0v) is 11.8. The van der Waals surface area contributed by atoms with Crippen molar-refractivity contribution in [2.24, 2.45) is 0 Å². The van der Waals surface area contributed by atoms with Gasteiger partial charge in [0.1, 0.15) is 0 Å². The van der Waals surface area contributed by atoms with Crippen molar-refractivity contribution in [1.82, 2.24) is 19.3 Å². The first-order chi connectivity index (χ1) is 9.65. The molecule has 0 bridgehead atoms. The van der Waals surface area contributed by atoms with E-state index in [1.54, 1.807) is 17.1 Å². The Kier molecular flexibility index (Phi) is 3.54. The van der Waals surface area contributed by atoms with Gasteiger partial charge >= 0.3 is 0 Å². The van der Waals surface area contributed by atoms with Gasteiger partial charge in [-0.1, -0.05) is 35.5 Å². The van der Waals surface area contributed by atoms with E-state index in [2.05, 4.69) is 10.3 Å². The lowest BCUT2D eigenvalue weighted by molar-refractivity contribution is 0.189. The molecule has 1 fully saturated rings. The molecule has 7 heteroatoms. The molecule has 2 heterocycles. The zero-order chi connectivity index (χ0) is 14.0. The lowest BCUT2D eigenvalue weighted by atomic mass is 10.2. The van der Waals surface area contributed by atoms with Crippen molar-refractivity contribution in [1.29, 1.82) is 0 Å². The highest BCUT2D eigenvalue weighted by Gasteiger charge is 2.36. The predicted octanol–water partition coefficient (Wildman–Crippen LogP) is 0.707. The van der Waals surface area contributed by atoms with Gasteiger partial charge in [0, 0.05) is 19.3 Å². The van der Waals surface area contributed by atoms with Gasteiger partial charge in [0.25, 0.3) is 0 Å². The van der Waals surface area contributed by atoms with Crippen LogP contribution in [0.1, 0.15) is 11.6 Å². The third kappa shape index (κ3) is 2.73. The lowest BCUT2D eigenvalue weighted by Crippen LogP contribution is -2.51. The second kappa shape index (κ2) is 5.34. The monoisotopic (exact) mass is 292 g/mol. The molecule has 1 aliphatic rings. The first-order valence-corrected chi connectivity index (χ1v) is 8.13. The van der Waals surface area contributed by atoms with Crippen LogP contribution in [0, 0.1) is 0 Å². The van der Waals surface area contributed by atoms with E-state index >= 15 is 0 Å². The number of aromatic nitrogens is 3. The van der Waals surface area contributed by atoms with Crippen LogP contribution in [0.5, 0.6) is 0 Å². The summed E-state index contributed by atoms with van der Waals surface area (Å²) >= 11 is 0. The molecule has 1 aliphatic heterocycles. The Balaban J connectivity index is 1.55. The Morgan fingerprint density at radius 3 is 2.60 bits per heavy atom. The third-order valence-electron chi connectivity index (χ3n) is 3.53. The van der Waals surface area contributed by atoms with Gasteiger partial charge < -0.3 is 0 Å². The molecule has 6 nitrogen and oxygen atoms in total. The lowest BCUT2D eigenvalue weighted by Gasteiger charge is -2.37. The van der Waals surface area contributed by atoms with Crippen molar-refractivity contribution < 1.29 is 8.42 Å². The number of benzene rings is 1. The summed E-state index contributed by atoms with van der Waals surface area (Å²) in [5, 5.41) is 7.63. The SMILES string of the molecule is O=S(=O)(CCc1ccccc1)N1CC(n2ccnn2)C1. The molecule has 106 valence electrons. The number of rotatable bonds is 5. The predicted molar refractivity (Wildman–Crippen MR) is 74.6 cm³/mol. The average molecular weight is 292 g/mol. The van der Waals surface area contributed by atoms with Crippen LogP contribution < -0.4 is 0 Å². The molecule has 1 aromatic heterocycles. The molecule has 0 amide bonds. The van der Waals surface area contributed by atoms with Gasteiger partial charge in [0.2, 0.25) is 10.0 Å². The fourth-order valence-electron chi connectivity index (χ4n) is 2.24. The molecule has 20 heavy (non-hydrogen) atoms. The van der Waals surface area contributed by atoms with E-state index in [4.69, 9.17) is 0 Å². The van der Waals surface area contributed by atoms with Crippen LogP contribution in [-0.4, -0.2) is 46.6 Å². The Morgan fingerprint density at radius 2 is 1.95 bits per heavy atom. The van der Waals surface area contributed by atoms with Gasteiger partial charge in [-0.05, 0) is 12.0 Å². The van der Waals surface area contributed by atoms with Crippen LogP contribution in [0.25, 0.3) is 0 Å². The molecule has 0 saturated carbocycles. The minimum Gasteiger partial charge on any atom is -0.247 e. The van der Waals surface area contributed by atoms with E-state index in [1.165, 1.54) is 4.31 Å². The first-order valence-electron chi connectivity index (χ1n) is 6.53. The zero-order valence-electron chi connectivity index (χ0n) is 11.0. The summed E-state index contributed by atoms with van der Waals surface area (Å²) < 4.78 is 27.6. The van der Waals surface area contributed by atoms with Crippen LogP contribution in [0.15, 0.2) is 42.7 Å². The molecule has 3 rings (SSSR count). The maximum Gasteiger partial charge on any atom is 0.214 e. The van der Waals surface area contributed by atoms with Gasteiger partial charge in [-0.2, -0.15) is 4.31 Å². The summed E-state index contributed by atoms with van der Waals surface area (Å²) in [7, 11) is -3.17. The Morgan fingerprint density at radius 1 is 1.20 bits per heavy atom. The molecule has 2 aromatic rings. The van der Waals surface area contributed by atoms with E-state index in [0.717, 1.165) is 5.56 Å². The highest BCUT2D eigenvalue weighted by atomic mass is 32.2. The van der Waals surface area contributed by atoms with Gasteiger partial charge in [-0.15, -0.1) is 5.10 Å². The Labute approximate surface area is 118 Å². The van der Waals surface area contributed by atoms with Crippen LogP contribution in [0.4, 0.5) is 0 Å². The minimum absolute atomic E-state index is 0.115. The summed E-state index contributed by atoms with van der Waals surface area (Å²) in [4.78, 5) is 0. The quantitative estimate of drug-likeness (QED) is 0.814. The van der Waals surface area contributed by atoms with E-state index in [0.29, 0.717) is 19.5 Å². The van der Waals surface area contributed by atoms with Crippen molar-refractivity contribution >= 4 is 10.0 Å². The molecule has 0 spiro atoms. The number of aryl methyl sites for hydroxylation is 1. The molecule has 0 N–H and O–H groups in total. The second-order valence-corrected chi connectivity index (χ2v) is 6.99. The molecule has 1 saturated heterocycles. The summed E-state index contributed by atoms with van der Waals surface area (Å²) in [6.07, 6.45) is 3.92. The van der Waals surface area contributed by atoms with E-state index in [-0.39, 0.29) is 11.8 Å². The highest BCUT2D eigenvalue weighted by molar-refractivity contribution is 7.89. The van der Waals surface area contributed by atoms with Crippen LogP contribution in [0.3, 0.4) is 0 Å². The number of hydrogen-bond acceptors (Lipinski definition) is 4. The van der Waals surface area contributed by atoms with Gasteiger partial charge in [0.15, 0.2) is 0 Å². The summed E-state index contributed by atoms with van der Waals surface area (Å²) in [6.45, 7) is 0.973. The van der Waals surface area contributed by atoms with Gasteiger partial charge in [-0.25, -0.2) is 13.1 Å². The number of sulfonamides is 1. The average Bonchev–Trinajstić information content (AvgIpc) is 2.89. The first kappa shape index (κ1) is 13.3. The molecular weight excluding hydrogens is 276 g/mol. The van der Waals surface area contributed by atoms with Crippen molar-refractivity contribution in [3.63, 3.8) is 0 Å². The largest absolute Gasteiger partial charge is 0.247 e. The van der Waals surface area contributed by atoms with Crippen molar-refractivity contribution in [2.45, 2.75) is 12.5 Å². The topological polar surface area (TPSA) is 68.1 Å². The van der Waals surface area contributed by atoms with Gasteiger partial charge in [0.05, 0.1) is 18.0 Å². The maximum absolute atomic E-state index is 12.2. The Bertz CT molecular complexity index is 649. The highest BCUT2D eigenvalue weighted by Crippen LogP contribution is 2.23. The standard InChI is InChI=1S/C13H16N4O2S/c18-20(19,9-6-12-4-2-1-3-5-12)16-10-13(11-16)17-8-7-14-15-17/h1-5,7-8,13H,6,9-11H2. The summed E-state index contributed by atoms with van der Waals surface area (Å²) in [5.74, 6) is 0.154. The van der Waals surface area contributed by atoms with Crippen molar-refractivity contribution in [2.75, 3.05) is 18.8 Å². The second-order valence-electron chi connectivity index (χ2n) is 4.91. The normalized spacial score (nSPS) is 17.0. The molecular formula is C13H16N4O2S. The molecule has 0 atom stereocenters. The van der Waals surface area contributed by atoms with Crippen LogP contribution in [0.2, 0.25) is 0 Å². The summed E-state index contributed by atoms with van der Waals surface area (Å²) in [6, 6.07) is 9.78. The number of hydrogen-bond donors (Lipinski definition) is 0. The van der Waals surface area contributed by atoms with Crippen LogP contribution in [-0.2, 0) is 16.4 Å². The Hall–Kier alpha value is -1.73. The maximum atomic E-state index is 12.2. The third-order valence-corrected chi connectivity index (χ3v) is 5.33. The van der Waals surface area contributed by atoms with Gasteiger partial charge in [-0.3, -0.25) is 0 Å². The van der Waals surface area contributed by atoms with E-state index < -0.39 is 10.0 Å². The van der Waals surface area contributed by atoms with Crippen molar-refractivity contribution in [3.05, 3.63) is 48.3 Å². The number of nitrogens with zero attached hydrogens (tertiary/aromatic N) is 4. The van der Waals surface area contributed by atoms with Crippen molar-refractivity contribution in [3.8, 4) is 0 Å². The molecule has 0 aliphatic carbocycles. The molecule has 1 aromatic carbocycles. The van der Waals surface area contributed by atoms with Crippen LogP contribution >= 0.6 is 0 Å². The fourth-order valence-corrected chi connectivity index (χ4v) is 3.79. The van der Waals surface area contributed by atoms with E-state index in [1.807, 2.05) is 30.3 Å². The molecule has 0 radical (unpaired) electrons. The fraction of sp³-hybridized carbons (Fsp3) is 0.385.